The minimum Gasteiger partial charge on any atom is -0.481 e. The van der Waals surface area contributed by atoms with Gasteiger partial charge in [-0.15, -0.1) is 13.2 Å². The number of carbonyl (C=O) groups excluding carboxylic acids is 2. The Bertz CT molecular complexity index is 839. The van der Waals surface area contributed by atoms with Gasteiger partial charge in [-0.25, -0.2) is 4.39 Å². The van der Waals surface area contributed by atoms with Crippen molar-refractivity contribution in [2.24, 2.45) is 0 Å². The Kier molecular flexibility index (Phi) is 7.03. The van der Waals surface area contributed by atoms with E-state index >= 15 is 0 Å². The molecule has 2 aromatic rings. The second-order valence-corrected chi connectivity index (χ2v) is 6.03. The van der Waals surface area contributed by atoms with Crippen molar-refractivity contribution in [3.8, 4) is 11.5 Å². The summed E-state index contributed by atoms with van der Waals surface area (Å²) in [6.45, 7) is 1.18. The molecule has 2 amide bonds. The highest BCUT2D eigenvalue weighted by Crippen LogP contribution is 2.24. The Morgan fingerprint density at radius 1 is 1.03 bits per heavy atom. The molecule has 0 fully saturated rings. The maximum Gasteiger partial charge on any atom is 0.573 e. The van der Waals surface area contributed by atoms with E-state index in [2.05, 4.69) is 10.1 Å². The quantitative estimate of drug-likeness (QED) is 0.704. The predicted molar refractivity (Wildman–Crippen MR) is 95.9 cm³/mol. The van der Waals surface area contributed by atoms with E-state index in [-0.39, 0.29) is 12.2 Å². The molecule has 0 aliphatic heterocycles. The number of halogens is 4. The van der Waals surface area contributed by atoms with Crippen molar-refractivity contribution in [3.63, 3.8) is 0 Å². The summed E-state index contributed by atoms with van der Waals surface area (Å²) >= 11 is 0. The largest absolute Gasteiger partial charge is 0.573 e. The number of likely N-dealkylation sites (N-methyl/N-ethyl adjacent to an activating group) is 1. The average molecular weight is 414 g/mol. The van der Waals surface area contributed by atoms with Crippen LogP contribution in [-0.2, 0) is 9.59 Å². The number of carbonyl (C=O) groups is 2. The first-order valence-corrected chi connectivity index (χ1v) is 8.36. The van der Waals surface area contributed by atoms with E-state index in [1.54, 1.807) is 0 Å². The summed E-state index contributed by atoms with van der Waals surface area (Å²) in [4.78, 5) is 25.5. The second kappa shape index (κ2) is 9.26. The maximum atomic E-state index is 12.9. The molecule has 6 nitrogen and oxygen atoms in total. The van der Waals surface area contributed by atoms with E-state index in [1.165, 1.54) is 50.4 Å². The van der Waals surface area contributed by atoms with E-state index in [1.807, 2.05) is 0 Å². The van der Waals surface area contributed by atoms with Crippen LogP contribution in [0.5, 0.6) is 11.5 Å². The van der Waals surface area contributed by atoms with Crippen LogP contribution >= 0.6 is 0 Å². The highest BCUT2D eigenvalue weighted by Gasteiger charge is 2.31. The fourth-order valence-electron chi connectivity index (χ4n) is 2.31. The van der Waals surface area contributed by atoms with Crippen molar-refractivity contribution in [2.45, 2.75) is 19.4 Å². The molecule has 0 spiro atoms. The van der Waals surface area contributed by atoms with Gasteiger partial charge in [-0.1, -0.05) is 0 Å². The Labute approximate surface area is 164 Å². The van der Waals surface area contributed by atoms with Gasteiger partial charge in [-0.3, -0.25) is 9.59 Å². The first-order chi connectivity index (χ1) is 13.5. The number of nitrogens with zero attached hydrogens (tertiary/aromatic N) is 1. The van der Waals surface area contributed by atoms with Crippen molar-refractivity contribution in [1.29, 1.82) is 0 Å². The summed E-state index contributed by atoms with van der Waals surface area (Å²) in [6, 6.07) is 9.70. The molecule has 0 aliphatic rings. The summed E-state index contributed by atoms with van der Waals surface area (Å²) < 4.78 is 58.5. The van der Waals surface area contributed by atoms with Gasteiger partial charge in [0.05, 0.1) is 6.54 Å². The number of nitrogens with one attached hydrogen (secondary N) is 1. The summed E-state index contributed by atoms with van der Waals surface area (Å²) in [7, 11) is 1.40. The minimum atomic E-state index is -4.81. The highest BCUT2D eigenvalue weighted by molar-refractivity contribution is 5.95. The van der Waals surface area contributed by atoms with Gasteiger partial charge >= 0.3 is 6.36 Å². The molecule has 0 heterocycles. The number of ether oxygens (including phenoxy) is 2. The molecule has 1 atom stereocenters. The van der Waals surface area contributed by atoms with Crippen molar-refractivity contribution in [1.82, 2.24) is 4.90 Å². The van der Waals surface area contributed by atoms with Crippen LogP contribution in [0.2, 0.25) is 0 Å². The zero-order chi connectivity index (χ0) is 21.6. The zero-order valence-corrected chi connectivity index (χ0v) is 15.5. The molecule has 0 unspecified atom stereocenters. The Hall–Kier alpha value is -3.30. The smallest absolute Gasteiger partial charge is 0.481 e. The molecule has 156 valence electrons. The van der Waals surface area contributed by atoms with E-state index in [0.717, 1.165) is 17.0 Å². The first kappa shape index (κ1) is 22.0. The van der Waals surface area contributed by atoms with Crippen LogP contribution in [0, 0.1) is 5.82 Å². The molecule has 0 radical (unpaired) electrons. The standard InChI is InChI=1S/C19H18F4N2O4/c1-12(28-15-7-3-13(20)4-8-15)18(27)25(2)11-17(26)24-14-5-9-16(10-6-14)29-19(21,22)23/h3-10,12H,11H2,1-2H3,(H,24,26)/t12-/m0/s1. The van der Waals surface area contributed by atoms with Crippen molar-refractivity contribution < 1.29 is 36.6 Å². The zero-order valence-electron chi connectivity index (χ0n) is 15.5. The Morgan fingerprint density at radius 3 is 2.14 bits per heavy atom. The molecule has 0 saturated carbocycles. The predicted octanol–water partition coefficient (Wildman–Crippen LogP) is 3.59. The number of rotatable bonds is 7. The monoisotopic (exact) mass is 414 g/mol. The van der Waals surface area contributed by atoms with Gasteiger partial charge in [0.15, 0.2) is 6.10 Å². The van der Waals surface area contributed by atoms with Gasteiger partial charge < -0.3 is 19.7 Å². The first-order valence-electron chi connectivity index (χ1n) is 8.36. The third kappa shape index (κ3) is 7.32. The SMILES string of the molecule is C[C@H](Oc1ccc(F)cc1)C(=O)N(C)CC(=O)Nc1ccc(OC(F)(F)F)cc1. The third-order valence-electron chi connectivity index (χ3n) is 3.60. The van der Waals surface area contributed by atoms with E-state index < -0.39 is 35.8 Å². The number of hydrogen-bond donors (Lipinski definition) is 1. The minimum absolute atomic E-state index is 0.237. The van der Waals surface area contributed by atoms with Crippen LogP contribution in [0.1, 0.15) is 6.92 Å². The number of anilines is 1. The van der Waals surface area contributed by atoms with Gasteiger partial charge in [0, 0.05) is 12.7 Å². The third-order valence-corrected chi connectivity index (χ3v) is 3.60. The molecule has 2 rings (SSSR count). The van der Waals surface area contributed by atoms with E-state index in [0.29, 0.717) is 5.75 Å². The lowest BCUT2D eigenvalue weighted by Crippen LogP contribution is -2.41. The average Bonchev–Trinajstić information content (AvgIpc) is 2.63. The topological polar surface area (TPSA) is 67.9 Å². The van der Waals surface area contributed by atoms with Gasteiger partial charge in [-0.2, -0.15) is 0 Å². The summed E-state index contributed by atoms with van der Waals surface area (Å²) in [5, 5.41) is 2.46. The van der Waals surface area contributed by atoms with Gasteiger partial charge in [-0.05, 0) is 55.5 Å². The fourth-order valence-corrected chi connectivity index (χ4v) is 2.31. The number of amides is 2. The van der Waals surface area contributed by atoms with Gasteiger partial charge in [0.25, 0.3) is 5.91 Å². The summed E-state index contributed by atoms with van der Waals surface area (Å²) in [6.07, 6.45) is -5.72. The van der Waals surface area contributed by atoms with Crippen molar-refractivity contribution >= 4 is 17.5 Å². The molecule has 10 heteroatoms. The number of hydrogen-bond acceptors (Lipinski definition) is 4. The van der Waals surface area contributed by atoms with Crippen molar-refractivity contribution in [2.75, 3.05) is 18.9 Å². The lowest BCUT2D eigenvalue weighted by atomic mass is 10.3. The summed E-state index contributed by atoms with van der Waals surface area (Å²) in [5.41, 5.74) is 0.237. The highest BCUT2D eigenvalue weighted by atomic mass is 19.4. The fraction of sp³-hybridized carbons (Fsp3) is 0.263. The molecular weight excluding hydrogens is 396 g/mol. The molecule has 2 aromatic carbocycles. The lowest BCUT2D eigenvalue weighted by Gasteiger charge is -2.21. The molecule has 1 N–H and O–H groups in total. The molecule has 0 aliphatic carbocycles. The molecule has 0 saturated heterocycles. The van der Waals surface area contributed by atoms with Crippen LogP contribution in [0.4, 0.5) is 23.2 Å². The second-order valence-electron chi connectivity index (χ2n) is 6.03. The Morgan fingerprint density at radius 2 is 1.59 bits per heavy atom. The van der Waals surface area contributed by atoms with Crippen LogP contribution in [0.3, 0.4) is 0 Å². The van der Waals surface area contributed by atoms with Crippen LogP contribution < -0.4 is 14.8 Å². The lowest BCUT2D eigenvalue weighted by molar-refractivity contribution is -0.274. The van der Waals surface area contributed by atoms with Crippen molar-refractivity contribution in [3.05, 3.63) is 54.3 Å². The van der Waals surface area contributed by atoms with Gasteiger partial charge in [0.2, 0.25) is 5.91 Å². The van der Waals surface area contributed by atoms with Crippen LogP contribution in [0.15, 0.2) is 48.5 Å². The molecule has 29 heavy (non-hydrogen) atoms. The van der Waals surface area contributed by atoms with E-state index in [9.17, 15) is 27.2 Å². The van der Waals surface area contributed by atoms with Gasteiger partial charge in [0.1, 0.15) is 17.3 Å². The molecule has 0 bridgehead atoms. The number of benzene rings is 2. The normalized spacial score (nSPS) is 12.1. The number of alkyl halides is 3. The van der Waals surface area contributed by atoms with E-state index in [4.69, 9.17) is 4.74 Å². The molecule has 0 aromatic heterocycles. The van der Waals surface area contributed by atoms with Crippen LogP contribution in [0.25, 0.3) is 0 Å². The summed E-state index contributed by atoms with van der Waals surface area (Å²) in [5.74, 6) is -1.61. The molecular formula is C19H18F4N2O4. The van der Waals surface area contributed by atoms with Crippen LogP contribution in [-0.4, -0.2) is 42.8 Å². The Balaban J connectivity index is 1.85. The maximum absolute atomic E-state index is 12.9.